The molecule has 1 saturated heterocycles. The minimum Gasteiger partial charge on any atom is -0.508 e. The van der Waals surface area contributed by atoms with Crippen LogP contribution in [0.15, 0.2) is 24.3 Å². The molecule has 0 aromatic heterocycles. The number of nitrogens with zero attached hydrogens (tertiary/aromatic N) is 3. The van der Waals surface area contributed by atoms with Gasteiger partial charge in [0.05, 0.1) is 6.07 Å². The van der Waals surface area contributed by atoms with Crippen LogP contribution >= 0.6 is 0 Å². The number of aromatic hydroxyl groups is 1. The molecule has 0 spiro atoms. The fourth-order valence-electron chi connectivity index (χ4n) is 2.40. The maximum atomic E-state index is 9.26. The van der Waals surface area contributed by atoms with E-state index in [4.69, 9.17) is 5.26 Å². The second-order valence-corrected chi connectivity index (χ2v) is 5.60. The highest BCUT2D eigenvalue weighted by atomic mass is 16.3. The topological polar surface area (TPSA) is 50.5 Å². The summed E-state index contributed by atoms with van der Waals surface area (Å²) in [4.78, 5) is 4.62. The van der Waals surface area contributed by atoms with Gasteiger partial charge in [0.1, 0.15) is 11.3 Å². The van der Waals surface area contributed by atoms with Gasteiger partial charge in [-0.05, 0) is 31.5 Å². The molecule has 0 saturated carbocycles. The smallest absolute Gasteiger partial charge is 0.115 e. The van der Waals surface area contributed by atoms with Gasteiger partial charge in [0.15, 0.2) is 0 Å². The molecule has 0 atom stereocenters. The van der Waals surface area contributed by atoms with E-state index in [0.717, 1.165) is 32.7 Å². The first-order chi connectivity index (χ1) is 9.01. The molecule has 2 rings (SSSR count). The normalized spacial score (nSPS) is 18.2. The van der Waals surface area contributed by atoms with Crippen molar-refractivity contribution in [1.82, 2.24) is 9.80 Å². The van der Waals surface area contributed by atoms with Crippen molar-refractivity contribution in [1.29, 1.82) is 5.26 Å². The van der Waals surface area contributed by atoms with Gasteiger partial charge in [-0.2, -0.15) is 5.26 Å². The number of hydrogen-bond donors (Lipinski definition) is 1. The van der Waals surface area contributed by atoms with Crippen LogP contribution in [0.5, 0.6) is 5.75 Å². The fraction of sp³-hybridized carbons (Fsp3) is 0.533. The van der Waals surface area contributed by atoms with Gasteiger partial charge in [-0.25, -0.2) is 0 Å². The Morgan fingerprint density at radius 3 is 2.26 bits per heavy atom. The Morgan fingerprint density at radius 1 is 1.16 bits per heavy atom. The summed E-state index contributed by atoms with van der Waals surface area (Å²) in [6, 6.07) is 9.73. The van der Waals surface area contributed by atoms with Gasteiger partial charge < -0.3 is 5.11 Å². The number of rotatable bonds is 3. The second-order valence-electron chi connectivity index (χ2n) is 5.60. The Bertz CT molecular complexity index is 453. The summed E-state index contributed by atoms with van der Waals surface area (Å²) in [6.45, 7) is 8.67. The Kier molecular flexibility index (Phi) is 4.08. The molecule has 1 aromatic carbocycles. The van der Waals surface area contributed by atoms with Crippen molar-refractivity contribution in [3.05, 3.63) is 29.8 Å². The van der Waals surface area contributed by atoms with Crippen molar-refractivity contribution in [3.8, 4) is 11.8 Å². The number of hydrogen-bond acceptors (Lipinski definition) is 4. The first-order valence-electron chi connectivity index (χ1n) is 6.68. The second kappa shape index (κ2) is 5.60. The van der Waals surface area contributed by atoms with Gasteiger partial charge in [-0.1, -0.05) is 12.1 Å². The maximum Gasteiger partial charge on any atom is 0.115 e. The van der Waals surface area contributed by atoms with Gasteiger partial charge in [-0.15, -0.1) is 0 Å². The molecule has 1 aliphatic rings. The number of benzene rings is 1. The zero-order valence-electron chi connectivity index (χ0n) is 11.6. The van der Waals surface area contributed by atoms with Gasteiger partial charge in [0, 0.05) is 32.7 Å². The zero-order chi connectivity index (χ0) is 13.9. The van der Waals surface area contributed by atoms with Crippen LogP contribution in [-0.4, -0.2) is 46.6 Å². The van der Waals surface area contributed by atoms with Crippen LogP contribution < -0.4 is 0 Å². The Hall–Kier alpha value is -1.57. The highest BCUT2D eigenvalue weighted by Crippen LogP contribution is 2.18. The molecule has 1 aromatic rings. The predicted octanol–water partition coefficient (Wildman–Crippen LogP) is 1.81. The van der Waals surface area contributed by atoms with Crippen molar-refractivity contribution in [3.63, 3.8) is 0 Å². The first kappa shape index (κ1) is 13.9. The minimum atomic E-state index is -0.370. The summed E-state index contributed by atoms with van der Waals surface area (Å²) in [6.07, 6.45) is 0. The Labute approximate surface area is 114 Å². The molecule has 1 aliphatic heterocycles. The Balaban J connectivity index is 1.87. The number of piperazine rings is 1. The highest BCUT2D eigenvalue weighted by Gasteiger charge is 2.29. The van der Waals surface area contributed by atoms with Crippen LogP contribution in [0.3, 0.4) is 0 Å². The summed E-state index contributed by atoms with van der Waals surface area (Å²) >= 11 is 0. The summed E-state index contributed by atoms with van der Waals surface area (Å²) in [7, 11) is 0. The lowest BCUT2D eigenvalue weighted by molar-refractivity contribution is 0.0764. The van der Waals surface area contributed by atoms with Crippen LogP contribution in [0.25, 0.3) is 0 Å². The molecule has 4 heteroatoms. The summed E-state index contributed by atoms with van der Waals surface area (Å²) in [5.41, 5.74) is 0.843. The molecular weight excluding hydrogens is 238 g/mol. The van der Waals surface area contributed by atoms with Crippen LogP contribution in [-0.2, 0) is 6.54 Å². The van der Waals surface area contributed by atoms with E-state index in [1.54, 1.807) is 12.1 Å². The fourth-order valence-corrected chi connectivity index (χ4v) is 2.40. The summed E-state index contributed by atoms with van der Waals surface area (Å²) in [5.74, 6) is 0.310. The lowest BCUT2D eigenvalue weighted by Crippen LogP contribution is -2.53. The standard InChI is InChI=1S/C15H21N3O/c1-15(2,12-16)18-9-7-17(8-10-18)11-13-3-5-14(19)6-4-13/h3-6,19H,7-11H2,1-2H3. The third kappa shape index (κ3) is 3.46. The average molecular weight is 259 g/mol. The summed E-state index contributed by atoms with van der Waals surface area (Å²) < 4.78 is 0. The number of nitriles is 1. The van der Waals surface area contributed by atoms with Crippen LogP contribution in [0.1, 0.15) is 19.4 Å². The zero-order valence-corrected chi connectivity index (χ0v) is 11.6. The third-order valence-corrected chi connectivity index (χ3v) is 3.78. The van der Waals surface area contributed by atoms with E-state index in [9.17, 15) is 5.11 Å². The Morgan fingerprint density at radius 2 is 1.74 bits per heavy atom. The molecular formula is C15H21N3O. The van der Waals surface area contributed by atoms with E-state index < -0.39 is 0 Å². The predicted molar refractivity (Wildman–Crippen MR) is 74.6 cm³/mol. The van der Waals surface area contributed by atoms with E-state index >= 15 is 0 Å². The summed E-state index contributed by atoms with van der Waals surface area (Å²) in [5, 5.41) is 18.4. The lowest BCUT2D eigenvalue weighted by Gasteiger charge is -2.40. The van der Waals surface area contributed by atoms with Gasteiger partial charge >= 0.3 is 0 Å². The van der Waals surface area contributed by atoms with Crippen LogP contribution in [0, 0.1) is 11.3 Å². The quantitative estimate of drug-likeness (QED) is 0.899. The molecule has 0 radical (unpaired) electrons. The first-order valence-corrected chi connectivity index (χ1v) is 6.68. The van der Waals surface area contributed by atoms with Crippen molar-refractivity contribution in [2.45, 2.75) is 25.9 Å². The number of phenolic OH excluding ortho intramolecular Hbond substituents is 1. The maximum absolute atomic E-state index is 9.26. The number of phenols is 1. The van der Waals surface area contributed by atoms with Crippen molar-refractivity contribution in [2.75, 3.05) is 26.2 Å². The lowest BCUT2D eigenvalue weighted by atomic mass is 10.0. The van der Waals surface area contributed by atoms with E-state index in [1.165, 1.54) is 5.56 Å². The van der Waals surface area contributed by atoms with Crippen LogP contribution in [0.2, 0.25) is 0 Å². The minimum absolute atomic E-state index is 0.310. The van der Waals surface area contributed by atoms with Crippen molar-refractivity contribution in [2.24, 2.45) is 0 Å². The monoisotopic (exact) mass is 259 g/mol. The molecule has 0 amide bonds. The molecule has 0 bridgehead atoms. The van der Waals surface area contributed by atoms with Gasteiger partial charge in [0.25, 0.3) is 0 Å². The third-order valence-electron chi connectivity index (χ3n) is 3.78. The average Bonchev–Trinajstić information content (AvgIpc) is 2.42. The van der Waals surface area contributed by atoms with Crippen LogP contribution in [0.4, 0.5) is 0 Å². The van der Waals surface area contributed by atoms with E-state index in [-0.39, 0.29) is 5.54 Å². The van der Waals surface area contributed by atoms with E-state index in [1.807, 2.05) is 26.0 Å². The molecule has 1 fully saturated rings. The largest absolute Gasteiger partial charge is 0.508 e. The highest BCUT2D eigenvalue weighted by molar-refractivity contribution is 5.25. The van der Waals surface area contributed by atoms with Gasteiger partial charge in [0.2, 0.25) is 0 Å². The van der Waals surface area contributed by atoms with E-state index in [0.29, 0.717) is 5.75 Å². The van der Waals surface area contributed by atoms with Crippen molar-refractivity contribution >= 4 is 0 Å². The molecule has 1 heterocycles. The SMILES string of the molecule is CC(C)(C#N)N1CCN(Cc2ccc(O)cc2)CC1. The molecule has 19 heavy (non-hydrogen) atoms. The molecule has 102 valence electrons. The van der Waals surface area contributed by atoms with Gasteiger partial charge in [-0.3, -0.25) is 9.80 Å². The molecule has 0 aliphatic carbocycles. The molecule has 0 unspecified atom stereocenters. The van der Waals surface area contributed by atoms with E-state index in [2.05, 4.69) is 15.9 Å². The van der Waals surface area contributed by atoms with Crippen molar-refractivity contribution < 1.29 is 5.11 Å². The molecule has 4 nitrogen and oxygen atoms in total. The molecule has 1 N–H and O–H groups in total.